The summed E-state index contributed by atoms with van der Waals surface area (Å²) in [4.78, 5) is 3.14. The van der Waals surface area contributed by atoms with Crippen LogP contribution in [0.25, 0.3) is 10.9 Å². The van der Waals surface area contributed by atoms with Crippen molar-refractivity contribution in [2.45, 2.75) is 6.42 Å². The summed E-state index contributed by atoms with van der Waals surface area (Å²) in [6.45, 7) is 0. The summed E-state index contributed by atoms with van der Waals surface area (Å²) in [6.07, 6.45) is 4.79. The van der Waals surface area contributed by atoms with Crippen molar-refractivity contribution in [1.82, 2.24) is 4.98 Å². The predicted octanol–water partition coefficient (Wildman–Crippen LogP) is 2.10. The number of rotatable bonds is 2. The van der Waals surface area contributed by atoms with Crippen molar-refractivity contribution in [3.05, 3.63) is 39.7 Å². The van der Waals surface area contributed by atoms with Gasteiger partial charge in [-0.25, -0.2) is 0 Å². The van der Waals surface area contributed by atoms with Crippen molar-refractivity contribution in [1.29, 1.82) is 0 Å². The average Bonchev–Trinajstić information content (AvgIpc) is 2.61. The van der Waals surface area contributed by atoms with Crippen LogP contribution in [0.2, 0.25) is 0 Å². The van der Waals surface area contributed by atoms with Crippen LogP contribution in [0.15, 0.2) is 34.1 Å². The number of benzene rings is 1. The Bertz CT molecular complexity index is 473. The molecule has 0 aliphatic rings. The van der Waals surface area contributed by atoms with Crippen LogP contribution in [-0.2, 0) is 6.42 Å². The van der Waals surface area contributed by atoms with Crippen molar-refractivity contribution in [3.63, 3.8) is 0 Å². The summed E-state index contributed by atoms with van der Waals surface area (Å²) in [7, 11) is 0. The quantitative estimate of drug-likeness (QED) is 0.771. The van der Waals surface area contributed by atoms with E-state index in [1.165, 1.54) is 0 Å². The fraction of sp³-hybridized carbons (Fsp3) is 0.0909. The van der Waals surface area contributed by atoms with E-state index in [0.29, 0.717) is 5.75 Å². The van der Waals surface area contributed by atoms with Gasteiger partial charge < -0.3 is 0 Å². The number of phenols is 1. The molecule has 1 heterocycles. The molecule has 69 valence electrons. The fourth-order valence-electron chi connectivity index (χ4n) is 1.48. The van der Waals surface area contributed by atoms with E-state index in [0.717, 1.165) is 48.7 Å². The number of aromatic nitrogens is 1. The van der Waals surface area contributed by atoms with Gasteiger partial charge in [0.25, 0.3) is 0 Å². The Balaban J connectivity index is 2.48. The number of hydrogen-bond acceptors (Lipinski definition) is 1. The van der Waals surface area contributed by atoms with Crippen LogP contribution in [0.1, 0.15) is 5.56 Å². The number of allylic oxidation sites excluding steroid dienone is 1. The number of nitrogens with one attached hydrogen (secondary N) is 1. The first kappa shape index (κ1) is 9.76. The molecule has 0 unspecified atom stereocenters. The van der Waals surface area contributed by atoms with E-state index in [1.54, 1.807) is 0 Å². The minimum atomic E-state index is 0.386. The van der Waals surface area contributed by atoms with E-state index in [9.17, 15) is 5.11 Å². The molecular weight excluding hydrogens is 369 g/mol. The average molecular weight is 379 g/mol. The van der Waals surface area contributed by atoms with Crippen LogP contribution < -0.4 is 0 Å². The second kappa shape index (κ2) is 4.17. The van der Waals surface area contributed by atoms with Gasteiger partial charge in [-0.1, -0.05) is 0 Å². The SMILES string of the molecule is Oc1cc2cc[nH]c2cc1C/C=[CH]/[Pb]. The second-order valence-corrected chi connectivity index (χ2v) is 4.45. The first-order chi connectivity index (χ1) is 6.81. The van der Waals surface area contributed by atoms with Crippen LogP contribution >= 0.6 is 0 Å². The van der Waals surface area contributed by atoms with Crippen molar-refractivity contribution >= 4 is 36.7 Å². The molecule has 1 aromatic carbocycles. The Morgan fingerprint density at radius 2 is 2.29 bits per heavy atom. The number of aromatic hydroxyl groups is 1. The predicted molar refractivity (Wildman–Crippen MR) is 58.6 cm³/mol. The Morgan fingerprint density at radius 3 is 3.07 bits per heavy atom. The molecule has 2 aromatic rings. The molecule has 0 bridgehead atoms. The summed E-state index contributed by atoms with van der Waals surface area (Å²) in [6, 6.07) is 5.77. The van der Waals surface area contributed by atoms with Gasteiger partial charge in [0.2, 0.25) is 0 Å². The molecule has 0 amide bonds. The van der Waals surface area contributed by atoms with Crippen molar-refractivity contribution in [3.8, 4) is 5.75 Å². The molecule has 0 saturated carbocycles. The van der Waals surface area contributed by atoms with Gasteiger partial charge in [-0.15, -0.1) is 0 Å². The number of aromatic amines is 1. The third-order valence-corrected chi connectivity index (χ3v) is 3.12. The monoisotopic (exact) mass is 380 g/mol. The molecule has 0 aliphatic carbocycles. The molecule has 3 heteroatoms. The molecule has 0 saturated heterocycles. The van der Waals surface area contributed by atoms with Crippen LogP contribution in [0.5, 0.6) is 5.75 Å². The fourth-order valence-corrected chi connectivity index (χ4v) is 1.94. The van der Waals surface area contributed by atoms with Crippen molar-refractivity contribution < 1.29 is 5.11 Å². The van der Waals surface area contributed by atoms with Crippen LogP contribution in [0.4, 0.5) is 0 Å². The summed E-state index contributed by atoms with van der Waals surface area (Å²) >= 11 is 1.07. The number of hydrogen-bond donors (Lipinski definition) is 2. The summed E-state index contributed by atoms with van der Waals surface area (Å²) < 4.78 is 2.12. The minimum absolute atomic E-state index is 0.386. The Hall–Kier alpha value is -0.778. The molecule has 0 spiro atoms. The van der Waals surface area contributed by atoms with Gasteiger partial charge in [-0.3, -0.25) is 0 Å². The van der Waals surface area contributed by atoms with Gasteiger partial charge in [-0.2, -0.15) is 0 Å². The Labute approximate surface area is 98.3 Å². The molecule has 0 aliphatic heterocycles. The summed E-state index contributed by atoms with van der Waals surface area (Å²) in [5.41, 5.74) is 2.06. The first-order valence-electron chi connectivity index (χ1n) is 4.42. The molecule has 2 rings (SSSR count). The van der Waals surface area contributed by atoms with E-state index < -0.39 is 0 Å². The molecule has 2 N–H and O–H groups in total. The molecular formula is C11H10NOPb. The van der Waals surface area contributed by atoms with Crippen LogP contribution in [-0.4, -0.2) is 35.9 Å². The Morgan fingerprint density at radius 1 is 1.43 bits per heavy atom. The number of H-pyrrole nitrogens is 1. The van der Waals surface area contributed by atoms with Gasteiger partial charge in [0.1, 0.15) is 0 Å². The van der Waals surface area contributed by atoms with Crippen LogP contribution in [0, 0.1) is 0 Å². The molecule has 0 fully saturated rings. The maximum atomic E-state index is 9.72. The van der Waals surface area contributed by atoms with Crippen molar-refractivity contribution in [2.75, 3.05) is 0 Å². The van der Waals surface area contributed by atoms with Gasteiger partial charge in [0.05, 0.1) is 0 Å². The second-order valence-electron chi connectivity index (χ2n) is 3.15. The third-order valence-electron chi connectivity index (χ3n) is 2.21. The van der Waals surface area contributed by atoms with Crippen molar-refractivity contribution in [2.24, 2.45) is 0 Å². The van der Waals surface area contributed by atoms with E-state index >= 15 is 0 Å². The topological polar surface area (TPSA) is 36.0 Å². The summed E-state index contributed by atoms with van der Waals surface area (Å²) in [5.74, 6) is 0.386. The molecule has 0 atom stereocenters. The number of phenolic OH excluding ortho intramolecular Hbond substituents is 1. The maximum absolute atomic E-state index is 9.72. The zero-order valence-corrected chi connectivity index (χ0v) is 11.5. The molecule has 1 aromatic heterocycles. The van der Waals surface area contributed by atoms with E-state index in [2.05, 4.69) is 14.7 Å². The van der Waals surface area contributed by atoms with E-state index in [-0.39, 0.29) is 0 Å². The summed E-state index contributed by atoms with van der Waals surface area (Å²) in [5, 5.41) is 10.8. The third kappa shape index (κ3) is 1.84. The normalized spacial score (nSPS) is 11.5. The van der Waals surface area contributed by atoms with Gasteiger partial charge in [0, 0.05) is 0 Å². The van der Waals surface area contributed by atoms with Gasteiger partial charge in [-0.05, 0) is 0 Å². The zero-order valence-electron chi connectivity index (χ0n) is 7.62. The van der Waals surface area contributed by atoms with E-state index in [1.807, 2.05) is 24.4 Å². The van der Waals surface area contributed by atoms with Crippen LogP contribution in [0.3, 0.4) is 0 Å². The standard InChI is InChI=1S/C11H10NO.Pb/c1-2-3-9-6-10-8(4-5-12-10)7-11(9)13;/h1-2,4-7,12-13H,3H2;. The Kier molecular flexibility index (Phi) is 2.91. The van der Waals surface area contributed by atoms with Gasteiger partial charge in [0.15, 0.2) is 0 Å². The molecule has 3 radical (unpaired) electrons. The molecule has 2 nitrogen and oxygen atoms in total. The molecule has 14 heavy (non-hydrogen) atoms. The van der Waals surface area contributed by atoms with Gasteiger partial charge >= 0.3 is 98.6 Å². The number of fused-ring (bicyclic) bond motifs is 1. The van der Waals surface area contributed by atoms with E-state index in [4.69, 9.17) is 0 Å². The first-order valence-corrected chi connectivity index (χ1v) is 6.67. The zero-order chi connectivity index (χ0) is 9.97.